The highest BCUT2D eigenvalue weighted by Crippen LogP contribution is 2.25. The van der Waals surface area contributed by atoms with Gasteiger partial charge in [-0.1, -0.05) is 12.1 Å². The first-order valence-electron chi connectivity index (χ1n) is 10.5. The molecule has 4 rings (SSSR count). The number of carbonyl (C=O) groups excluding carboxylic acids is 2. The number of rotatable bonds is 6. The SMILES string of the molecule is COc1cccc(NC(=O)Nc2cccc(C(=O)Nc3cnccc3N3CCNCC3)n2)c1. The van der Waals surface area contributed by atoms with E-state index in [9.17, 15) is 9.59 Å². The van der Waals surface area contributed by atoms with Crippen LogP contribution in [0.15, 0.2) is 60.9 Å². The number of benzene rings is 1. The second-order valence-electron chi connectivity index (χ2n) is 7.30. The summed E-state index contributed by atoms with van der Waals surface area (Å²) in [5, 5.41) is 11.6. The second kappa shape index (κ2) is 10.4. The highest BCUT2D eigenvalue weighted by molar-refractivity contribution is 6.05. The summed E-state index contributed by atoms with van der Waals surface area (Å²) in [6.45, 7) is 3.44. The number of amides is 3. The molecule has 10 heteroatoms. The fourth-order valence-corrected chi connectivity index (χ4v) is 3.46. The lowest BCUT2D eigenvalue weighted by Gasteiger charge is -2.30. The monoisotopic (exact) mass is 447 g/mol. The van der Waals surface area contributed by atoms with Gasteiger partial charge in [0.25, 0.3) is 5.91 Å². The highest BCUT2D eigenvalue weighted by atomic mass is 16.5. The van der Waals surface area contributed by atoms with Crippen LogP contribution in [0.25, 0.3) is 0 Å². The van der Waals surface area contributed by atoms with E-state index in [0.29, 0.717) is 17.1 Å². The Hall–Kier alpha value is -4.18. The molecule has 0 aliphatic carbocycles. The fraction of sp³-hybridized carbons (Fsp3) is 0.217. The molecule has 170 valence electrons. The van der Waals surface area contributed by atoms with Gasteiger partial charge in [0.1, 0.15) is 17.3 Å². The molecule has 0 unspecified atom stereocenters. The van der Waals surface area contributed by atoms with Gasteiger partial charge in [0.05, 0.1) is 24.7 Å². The van der Waals surface area contributed by atoms with Gasteiger partial charge in [0.15, 0.2) is 0 Å². The first-order chi connectivity index (χ1) is 16.1. The summed E-state index contributed by atoms with van der Waals surface area (Å²) in [4.78, 5) is 35.8. The van der Waals surface area contributed by atoms with Crippen molar-refractivity contribution in [1.82, 2.24) is 15.3 Å². The minimum Gasteiger partial charge on any atom is -0.497 e. The van der Waals surface area contributed by atoms with Crippen molar-refractivity contribution in [2.24, 2.45) is 0 Å². The van der Waals surface area contributed by atoms with Crippen molar-refractivity contribution in [3.63, 3.8) is 0 Å². The predicted molar refractivity (Wildman–Crippen MR) is 127 cm³/mol. The highest BCUT2D eigenvalue weighted by Gasteiger charge is 2.17. The van der Waals surface area contributed by atoms with E-state index in [1.54, 1.807) is 62.0 Å². The Morgan fingerprint density at radius 3 is 2.67 bits per heavy atom. The second-order valence-corrected chi connectivity index (χ2v) is 7.30. The number of hydrogen-bond donors (Lipinski definition) is 4. The molecule has 0 spiro atoms. The number of hydrogen-bond acceptors (Lipinski definition) is 7. The summed E-state index contributed by atoms with van der Waals surface area (Å²) in [6, 6.07) is 13.2. The summed E-state index contributed by atoms with van der Waals surface area (Å²) >= 11 is 0. The smallest absolute Gasteiger partial charge is 0.324 e. The minimum absolute atomic E-state index is 0.171. The van der Waals surface area contributed by atoms with Crippen molar-refractivity contribution in [2.75, 3.05) is 54.1 Å². The van der Waals surface area contributed by atoms with Crippen molar-refractivity contribution in [3.05, 3.63) is 66.6 Å². The van der Waals surface area contributed by atoms with E-state index in [2.05, 4.69) is 36.1 Å². The quantitative estimate of drug-likeness (QED) is 0.459. The summed E-state index contributed by atoms with van der Waals surface area (Å²) < 4.78 is 5.15. The van der Waals surface area contributed by atoms with E-state index >= 15 is 0 Å². The van der Waals surface area contributed by atoms with Crippen molar-refractivity contribution >= 4 is 34.8 Å². The molecule has 0 saturated carbocycles. The number of aromatic nitrogens is 2. The van der Waals surface area contributed by atoms with Gasteiger partial charge >= 0.3 is 6.03 Å². The van der Waals surface area contributed by atoms with Crippen LogP contribution in [0.5, 0.6) is 5.75 Å². The zero-order valence-corrected chi connectivity index (χ0v) is 18.2. The molecular weight excluding hydrogens is 422 g/mol. The Morgan fingerprint density at radius 2 is 1.85 bits per heavy atom. The number of piperazine rings is 1. The standard InChI is InChI=1S/C23H25N7O3/c1-33-17-5-2-4-16(14-17)26-23(32)29-21-7-3-6-18(27-21)22(31)28-19-15-25-9-8-20(19)30-12-10-24-11-13-30/h2-9,14-15,24H,10-13H2,1H3,(H,28,31)(H2,26,27,29,32). The largest absolute Gasteiger partial charge is 0.497 e. The van der Waals surface area contributed by atoms with Gasteiger partial charge in [-0.3, -0.25) is 15.1 Å². The van der Waals surface area contributed by atoms with Crippen LogP contribution >= 0.6 is 0 Å². The summed E-state index contributed by atoms with van der Waals surface area (Å²) in [6.07, 6.45) is 3.33. The van der Waals surface area contributed by atoms with Crippen LogP contribution in [-0.2, 0) is 0 Å². The van der Waals surface area contributed by atoms with Gasteiger partial charge in [0, 0.05) is 44.1 Å². The lowest BCUT2D eigenvalue weighted by molar-refractivity contribution is 0.102. The topological polar surface area (TPSA) is 121 Å². The van der Waals surface area contributed by atoms with Crippen LogP contribution in [0.3, 0.4) is 0 Å². The van der Waals surface area contributed by atoms with E-state index in [4.69, 9.17) is 4.74 Å². The molecule has 1 saturated heterocycles. The van der Waals surface area contributed by atoms with E-state index < -0.39 is 11.9 Å². The molecule has 1 aliphatic rings. The average Bonchev–Trinajstić information content (AvgIpc) is 2.85. The number of urea groups is 1. The van der Waals surface area contributed by atoms with E-state index in [1.165, 1.54) is 0 Å². The Labute approximate surface area is 191 Å². The van der Waals surface area contributed by atoms with Crippen molar-refractivity contribution in [3.8, 4) is 5.75 Å². The van der Waals surface area contributed by atoms with Gasteiger partial charge in [-0.25, -0.2) is 9.78 Å². The first kappa shape index (κ1) is 22.0. The Bertz CT molecular complexity index is 1130. The third kappa shape index (κ3) is 5.74. The van der Waals surface area contributed by atoms with Crippen molar-refractivity contribution in [2.45, 2.75) is 0 Å². The third-order valence-electron chi connectivity index (χ3n) is 5.05. The van der Waals surface area contributed by atoms with Crippen LogP contribution in [0.1, 0.15) is 10.5 Å². The van der Waals surface area contributed by atoms with Crippen LogP contribution in [0.4, 0.5) is 27.7 Å². The van der Waals surface area contributed by atoms with Crippen molar-refractivity contribution in [1.29, 1.82) is 0 Å². The average molecular weight is 447 g/mol. The molecule has 1 aliphatic heterocycles. The summed E-state index contributed by atoms with van der Waals surface area (Å²) in [7, 11) is 1.55. The fourth-order valence-electron chi connectivity index (χ4n) is 3.46. The normalized spacial score (nSPS) is 13.2. The summed E-state index contributed by atoms with van der Waals surface area (Å²) in [5.41, 5.74) is 2.26. The number of nitrogens with zero attached hydrogens (tertiary/aromatic N) is 3. The Morgan fingerprint density at radius 1 is 1.03 bits per heavy atom. The maximum absolute atomic E-state index is 12.9. The molecular formula is C23H25N7O3. The molecule has 2 aromatic heterocycles. The maximum Gasteiger partial charge on any atom is 0.324 e. The van der Waals surface area contributed by atoms with E-state index in [0.717, 1.165) is 31.9 Å². The molecule has 0 bridgehead atoms. The number of pyridine rings is 2. The number of anilines is 4. The zero-order valence-electron chi connectivity index (χ0n) is 18.2. The molecule has 33 heavy (non-hydrogen) atoms. The molecule has 1 fully saturated rings. The molecule has 0 radical (unpaired) electrons. The number of methoxy groups -OCH3 is 1. The molecule has 3 amide bonds. The van der Waals surface area contributed by atoms with Crippen LogP contribution in [0, 0.1) is 0 Å². The van der Waals surface area contributed by atoms with Crippen LogP contribution < -0.4 is 30.9 Å². The minimum atomic E-state index is -0.485. The molecule has 10 nitrogen and oxygen atoms in total. The zero-order chi connectivity index (χ0) is 23.0. The maximum atomic E-state index is 12.9. The number of nitrogens with one attached hydrogen (secondary N) is 4. The Kier molecular flexibility index (Phi) is 6.96. The lowest BCUT2D eigenvalue weighted by Crippen LogP contribution is -2.43. The van der Waals surface area contributed by atoms with Crippen molar-refractivity contribution < 1.29 is 14.3 Å². The molecule has 4 N–H and O–H groups in total. The molecule has 3 aromatic rings. The van der Waals surface area contributed by atoms with Gasteiger partial charge < -0.3 is 25.6 Å². The lowest BCUT2D eigenvalue weighted by atomic mass is 10.2. The van der Waals surface area contributed by atoms with Crippen LogP contribution in [0.2, 0.25) is 0 Å². The van der Waals surface area contributed by atoms with E-state index in [-0.39, 0.29) is 11.5 Å². The van der Waals surface area contributed by atoms with Gasteiger partial charge in [-0.05, 0) is 30.3 Å². The van der Waals surface area contributed by atoms with E-state index in [1.807, 2.05) is 6.07 Å². The van der Waals surface area contributed by atoms with Gasteiger partial charge in [0.2, 0.25) is 0 Å². The Balaban J connectivity index is 1.42. The third-order valence-corrected chi connectivity index (χ3v) is 5.05. The first-order valence-corrected chi connectivity index (χ1v) is 10.5. The van der Waals surface area contributed by atoms with Crippen LogP contribution in [-0.4, -0.2) is 55.2 Å². The molecule has 1 aromatic carbocycles. The molecule has 3 heterocycles. The number of carbonyl (C=O) groups is 2. The molecule has 0 atom stereocenters. The predicted octanol–water partition coefficient (Wildman–Crippen LogP) is 2.79. The van der Waals surface area contributed by atoms with Gasteiger partial charge in [-0.15, -0.1) is 0 Å². The van der Waals surface area contributed by atoms with Gasteiger partial charge in [-0.2, -0.15) is 0 Å². The summed E-state index contributed by atoms with van der Waals surface area (Å²) in [5.74, 6) is 0.480. The number of ether oxygens (including phenoxy) is 1.